The number of fused-ring (bicyclic) bond motifs is 1. The minimum atomic E-state index is -4.45. The highest BCUT2D eigenvalue weighted by Gasteiger charge is 2.30. The SMILES string of the molecule is O=C(O)Oc1cnn(-c2nc3ccc(C(F)(F)F)cc3[nH]2)c1. The lowest BCUT2D eigenvalue weighted by Crippen LogP contribution is -2.04. The molecule has 2 heterocycles. The van der Waals surface area contributed by atoms with E-state index < -0.39 is 17.9 Å². The number of nitrogens with zero attached hydrogens (tertiary/aromatic N) is 3. The van der Waals surface area contributed by atoms with E-state index in [4.69, 9.17) is 5.11 Å². The molecular weight excluding hydrogens is 305 g/mol. The second kappa shape index (κ2) is 4.76. The first-order chi connectivity index (χ1) is 10.3. The Hall–Kier alpha value is -3.04. The Morgan fingerprint density at radius 2 is 2.14 bits per heavy atom. The molecule has 0 amide bonds. The zero-order valence-electron chi connectivity index (χ0n) is 10.6. The molecule has 0 aliphatic carbocycles. The minimum Gasteiger partial charge on any atom is -0.449 e. The summed E-state index contributed by atoms with van der Waals surface area (Å²) in [6.45, 7) is 0. The molecule has 1 aromatic carbocycles. The van der Waals surface area contributed by atoms with Crippen molar-refractivity contribution in [1.29, 1.82) is 0 Å². The molecule has 0 saturated carbocycles. The molecule has 114 valence electrons. The van der Waals surface area contributed by atoms with Crippen LogP contribution in [0.4, 0.5) is 18.0 Å². The number of alkyl halides is 3. The Kier molecular flexibility index (Phi) is 3.01. The summed E-state index contributed by atoms with van der Waals surface area (Å²) in [5.41, 5.74) is -0.300. The molecule has 0 saturated heterocycles. The first-order valence-electron chi connectivity index (χ1n) is 5.86. The van der Waals surface area contributed by atoms with Crippen molar-refractivity contribution in [1.82, 2.24) is 19.7 Å². The molecule has 2 N–H and O–H groups in total. The predicted molar refractivity (Wildman–Crippen MR) is 66.9 cm³/mol. The van der Waals surface area contributed by atoms with Gasteiger partial charge in [0.1, 0.15) is 0 Å². The van der Waals surface area contributed by atoms with Crippen molar-refractivity contribution >= 4 is 17.2 Å². The maximum atomic E-state index is 12.6. The summed E-state index contributed by atoms with van der Waals surface area (Å²) in [6.07, 6.45) is -3.58. The average molecular weight is 312 g/mol. The number of nitrogens with one attached hydrogen (secondary N) is 1. The van der Waals surface area contributed by atoms with E-state index in [1.54, 1.807) is 0 Å². The van der Waals surface area contributed by atoms with Crippen molar-refractivity contribution in [3.8, 4) is 11.7 Å². The van der Waals surface area contributed by atoms with Crippen LogP contribution in [0.2, 0.25) is 0 Å². The quantitative estimate of drug-likeness (QED) is 0.710. The Morgan fingerprint density at radius 1 is 1.36 bits per heavy atom. The Bertz CT molecular complexity index is 853. The van der Waals surface area contributed by atoms with Gasteiger partial charge in [0.25, 0.3) is 0 Å². The molecule has 2 aromatic heterocycles. The molecule has 3 aromatic rings. The number of benzene rings is 1. The van der Waals surface area contributed by atoms with Crippen LogP contribution in [0.5, 0.6) is 5.75 Å². The number of rotatable bonds is 2. The fourth-order valence-corrected chi connectivity index (χ4v) is 1.86. The number of imidazole rings is 1. The van der Waals surface area contributed by atoms with Crippen molar-refractivity contribution in [2.24, 2.45) is 0 Å². The molecule has 0 aliphatic rings. The fourth-order valence-electron chi connectivity index (χ4n) is 1.86. The number of carboxylic acid groups (broad SMARTS) is 1. The standard InChI is InChI=1S/C12H7F3N4O3/c13-12(14,15)6-1-2-8-9(3-6)18-10(17-8)19-5-7(4-16-19)22-11(20)21/h1-5H,(H,17,18)(H,20,21). The summed E-state index contributed by atoms with van der Waals surface area (Å²) in [5, 5.41) is 12.3. The third kappa shape index (κ3) is 2.57. The first-order valence-corrected chi connectivity index (χ1v) is 5.86. The van der Waals surface area contributed by atoms with E-state index in [9.17, 15) is 18.0 Å². The first kappa shape index (κ1) is 13.9. The summed E-state index contributed by atoms with van der Waals surface area (Å²) in [4.78, 5) is 17.1. The molecule has 22 heavy (non-hydrogen) atoms. The van der Waals surface area contributed by atoms with Crippen LogP contribution in [0.15, 0.2) is 30.6 Å². The summed E-state index contributed by atoms with van der Waals surface area (Å²) in [5.74, 6) is 0.0958. The summed E-state index contributed by atoms with van der Waals surface area (Å²) in [7, 11) is 0. The van der Waals surface area contributed by atoms with Gasteiger partial charge in [-0.1, -0.05) is 0 Å². The molecule has 0 unspecified atom stereocenters. The van der Waals surface area contributed by atoms with Gasteiger partial charge in [-0.15, -0.1) is 0 Å². The summed E-state index contributed by atoms with van der Waals surface area (Å²) >= 11 is 0. The van der Waals surface area contributed by atoms with Gasteiger partial charge in [-0.3, -0.25) is 0 Å². The fraction of sp³-hybridized carbons (Fsp3) is 0.0833. The van der Waals surface area contributed by atoms with Gasteiger partial charge < -0.3 is 14.8 Å². The van der Waals surface area contributed by atoms with Gasteiger partial charge in [0.2, 0.25) is 5.95 Å². The Labute approximate surface area is 120 Å². The van der Waals surface area contributed by atoms with Crippen LogP contribution >= 0.6 is 0 Å². The lowest BCUT2D eigenvalue weighted by molar-refractivity contribution is -0.137. The molecular formula is C12H7F3N4O3. The average Bonchev–Trinajstić information content (AvgIpc) is 3.01. The van der Waals surface area contributed by atoms with E-state index in [0.717, 1.165) is 23.0 Å². The van der Waals surface area contributed by atoms with Crippen LogP contribution in [0.25, 0.3) is 17.0 Å². The minimum absolute atomic E-state index is 0.0380. The number of halogens is 3. The zero-order chi connectivity index (χ0) is 15.9. The second-order valence-electron chi connectivity index (χ2n) is 4.28. The molecule has 7 nitrogen and oxygen atoms in total. The van der Waals surface area contributed by atoms with Gasteiger partial charge in [-0.2, -0.15) is 18.3 Å². The molecule has 0 bridgehead atoms. The second-order valence-corrected chi connectivity index (χ2v) is 4.28. The maximum absolute atomic E-state index is 12.6. The van der Waals surface area contributed by atoms with Crippen LogP contribution < -0.4 is 4.74 Å². The topological polar surface area (TPSA) is 93.0 Å². The monoisotopic (exact) mass is 312 g/mol. The number of ether oxygens (including phenoxy) is 1. The van der Waals surface area contributed by atoms with Crippen LogP contribution in [-0.4, -0.2) is 31.0 Å². The van der Waals surface area contributed by atoms with Gasteiger partial charge >= 0.3 is 12.3 Å². The third-order valence-corrected chi connectivity index (χ3v) is 2.78. The summed E-state index contributed by atoms with van der Waals surface area (Å²) in [6, 6.07) is 3.09. The van der Waals surface area contributed by atoms with Crippen LogP contribution in [0.3, 0.4) is 0 Å². The van der Waals surface area contributed by atoms with Crippen molar-refractivity contribution in [2.75, 3.05) is 0 Å². The molecule has 0 spiro atoms. The van der Waals surface area contributed by atoms with Crippen LogP contribution in [0, 0.1) is 0 Å². The molecule has 0 radical (unpaired) electrons. The van der Waals surface area contributed by atoms with Gasteiger partial charge in [0, 0.05) is 0 Å². The normalized spacial score (nSPS) is 11.8. The number of aromatic amines is 1. The highest BCUT2D eigenvalue weighted by Crippen LogP contribution is 2.31. The van der Waals surface area contributed by atoms with Gasteiger partial charge in [0.05, 0.1) is 29.0 Å². The largest absolute Gasteiger partial charge is 0.511 e. The van der Waals surface area contributed by atoms with E-state index in [1.165, 1.54) is 12.3 Å². The van der Waals surface area contributed by atoms with Crippen molar-refractivity contribution < 1.29 is 27.8 Å². The number of carbonyl (C=O) groups is 1. The number of aromatic nitrogens is 4. The van der Waals surface area contributed by atoms with Crippen LogP contribution in [-0.2, 0) is 6.18 Å². The van der Waals surface area contributed by atoms with Crippen molar-refractivity contribution in [3.05, 3.63) is 36.2 Å². The molecule has 10 heteroatoms. The maximum Gasteiger partial charge on any atom is 0.511 e. The van der Waals surface area contributed by atoms with E-state index in [0.29, 0.717) is 5.52 Å². The van der Waals surface area contributed by atoms with Gasteiger partial charge in [-0.25, -0.2) is 14.5 Å². The smallest absolute Gasteiger partial charge is 0.449 e. The number of H-pyrrole nitrogens is 1. The third-order valence-electron chi connectivity index (χ3n) is 2.78. The predicted octanol–water partition coefficient (Wildman–Crippen LogP) is 2.82. The van der Waals surface area contributed by atoms with Crippen molar-refractivity contribution in [3.63, 3.8) is 0 Å². The Morgan fingerprint density at radius 3 is 2.82 bits per heavy atom. The highest BCUT2D eigenvalue weighted by molar-refractivity contribution is 5.77. The molecule has 3 rings (SSSR count). The molecule has 0 fully saturated rings. The lowest BCUT2D eigenvalue weighted by Gasteiger charge is -2.04. The van der Waals surface area contributed by atoms with E-state index >= 15 is 0 Å². The van der Waals surface area contributed by atoms with Gasteiger partial charge in [0.15, 0.2) is 5.75 Å². The van der Waals surface area contributed by atoms with Crippen LogP contribution in [0.1, 0.15) is 5.56 Å². The molecule has 0 aliphatic heterocycles. The van der Waals surface area contributed by atoms with E-state index in [-0.39, 0.29) is 17.2 Å². The Balaban J connectivity index is 1.98. The van der Waals surface area contributed by atoms with E-state index in [1.807, 2.05) is 0 Å². The summed E-state index contributed by atoms with van der Waals surface area (Å²) < 4.78 is 43.5. The van der Waals surface area contributed by atoms with Gasteiger partial charge in [-0.05, 0) is 18.2 Å². The highest BCUT2D eigenvalue weighted by atomic mass is 19.4. The number of hydrogen-bond acceptors (Lipinski definition) is 4. The van der Waals surface area contributed by atoms with Crippen molar-refractivity contribution in [2.45, 2.75) is 6.18 Å². The zero-order valence-corrected chi connectivity index (χ0v) is 10.6. The van der Waals surface area contributed by atoms with E-state index in [2.05, 4.69) is 19.8 Å². The lowest BCUT2D eigenvalue weighted by atomic mass is 10.2. The molecule has 0 atom stereocenters. The number of hydrogen-bond donors (Lipinski definition) is 2.